The summed E-state index contributed by atoms with van der Waals surface area (Å²) in [6, 6.07) is 1.31. The molecule has 1 saturated carbocycles. The Morgan fingerprint density at radius 3 is 1.96 bits per heavy atom. The third-order valence-electron chi connectivity index (χ3n) is 7.51. The number of piperidine rings is 1. The third kappa shape index (κ3) is 5.04. The van der Waals surface area contributed by atoms with Crippen molar-refractivity contribution in [2.75, 3.05) is 26.2 Å². The monoisotopic (exact) mass is 375 g/mol. The number of hydrogen-bond acceptors (Lipinski definition) is 3. The van der Waals surface area contributed by atoms with E-state index in [0.29, 0.717) is 42.7 Å². The number of carbonyl (C=O) groups excluding carboxylic acids is 2. The standard InChI is InChI=1S/C22H37N3O2/c26-21(9-6-17-4-2-1-3-5-17)24-10-12-25(13-11-24)22(27)16-18-14-19-7-8-20(15-18)23-19/h17-20,23H,1-16H2. The van der Waals surface area contributed by atoms with Gasteiger partial charge in [0.15, 0.2) is 0 Å². The molecule has 4 fully saturated rings. The summed E-state index contributed by atoms with van der Waals surface area (Å²) in [6.07, 6.45) is 14.1. The van der Waals surface area contributed by atoms with Crippen LogP contribution in [0, 0.1) is 11.8 Å². The van der Waals surface area contributed by atoms with Crippen molar-refractivity contribution in [3.8, 4) is 0 Å². The highest BCUT2D eigenvalue weighted by molar-refractivity contribution is 5.78. The van der Waals surface area contributed by atoms with Crippen LogP contribution in [0.4, 0.5) is 0 Å². The molecule has 1 N–H and O–H groups in total. The van der Waals surface area contributed by atoms with Crippen molar-refractivity contribution in [3.63, 3.8) is 0 Å². The molecule has 0 radical (unpaired) electrons. The first-order valence-corrected chi connectivity index (χ1v) is 11.5. The largest absolute Gasteiger partial charge is 0.339 e. The molecule has 0 aromatic heterocycles. The van der Waals surface area contributed by atoms with E-state index in [1.807, 2.05) is 9.80 Å². The average Bonchev–Trinajstić information content (AvgIpc) is 3.05. The molecule has 0 spiro atoms. The number of carbonyl (C=O) groups is 2. The van der Waals surface area contributed by atoms with E-state index in [4.69, 9.17) is 0 Å². The van der Waals surface area contributed by atoms with Crippen molar-refractivity contribution in [1.29, 1.82) is 0 Å². The Morgan fingerprint density at radius 2 is 1.33 bits per heavy atom. The Morgan fingerprint density at radius 1 is 0.741 bits per heavy atom. The molecular weight excluding hydrogens is 338 g/mol. The number of nitrogens with one attached hydrogen (secondary N) is 1. The highest BCUT2D eigenvalue weighted by Crippen LogP contribution is 2.33. The quantitative estimate of drug-likeness (QED) is 0.804. The molecule has 3 aliphatic heterocycles. The minimum absolute atomic E-state index is 0.308. The van der Waals surface area contributed by atoms with Crippen molar-refractivity contribution in [2.45, 2.75) is 89.1 Å². The van der Waals surface area contributed by atoms with Gasteiger partial charge in [0.1, 0.15) is 0 Å². The zero-order chi connectivity index (χ0) is 18.6. The van der Waals surface area contributed by atoms with E-state index in [1.54, 1.807) is 0 Å². The van der Waals surface area contributed by atoms with E-state index in [-0.39, 0.29) is 0 Å². The van der Waals surface area contributed by atoms with E-state index in [9.17, 15) is 9.59 Å². The molecule has 4 rings (SSSR count). The molecule has 0 aromatic carbocycles. The van der Waals surface area contributed by atoms with Crippen molar-refractivity contribution in [2.24, 2.45) is 11.8 Å². The van der Waals surface area contributed by atoms with Crippen LogP contribution in [-0.4, -0.2) is 59.9 Å². The van der Waals surface area contributed by atoms with E-state index >= 15 is 0 Å². The average molecular weight is 376 g/mol. The normalized spacial score (nSPS) is 31.9. The first-order valence-electron chi connectivity index (χ1n) is 11.5. The van der Waals surface area contributed by atoms with Gasteiger partial charge < -0.3 is 15.1 Å². The number of hydrogen-bond donors (Lipinski definition) is 1. The van der Waals surface area contributed by atoms with Gasteiger partial charge in [-0.2, -0.15) is 0 Å². The SMILES string of the molecule is O=C(CCC1CCCCC1)N1CCN(C(=O)CC2CC3CCC(C2)N3)CC1. The lowest BCUT2D eigenvalue weighted by Crippen LogP contribution is -2.51. The molecule has 2 unspecified atom stereocenters. The van der Waals surface area contributed by atoms with Gasteiger partial charge in [-0.3, -0.25) is 9.59 Å². The first kappa shape index (κ1) is 19.2. The van der Waals surface area contributed by atoms with Crippen molar-refractivity contribution < 1.29 is 9.59 Å². The van der Waals surface area contributed by atoms with Crippen LogP contribution in [-0.2, 0) is 9.59 Å². The Labute approximate surface area is 164 Å². The van der Waals surface area contributed by atoms with Crippen molar-refractivity contribution in [1.82, 2.24) is 15.1 Å². The van der Waals surface area contributed by atoms with Gasteiger partial charge in [-0.25, -0.2) is 0 Å². The summed E-state index contributed by atoms with van der Waals surface area (Å²) in [4.78, 5) is 29.2. The summed E-state index contributed by atoms with van der Waals surface area (Å²) in [7, 11) is 0. The number of nitrogens with zero attached hydrogens (tertiary/aromatic N) is 2. The molecule has 2 atom stereocenters. The van der Waals surface area contributed by atoms with Crippen molar-refractivity contribution in [3.05, 3.63) is 0 Å². The molecule has 2 bridgehead atoms. The maximum absolute atomic E-state index is 12.7. The molecule has 5 nitrogen and oxygen atoms in total. The van der Waals surface area contributed by atoms with Crippen LogP contribution in [0.15, 0.2) is 0 Å². The molecule has 4 aliphatic rings. The van der Waals surface area contributed by atoms with Crippen LogP contribution < -0.4 is 5.32 Å². The highest BCUT2D eigenvalue weighted by Gasteiger charge is 2.35. The van der Waals surface area contributed by atoms with Crippen LogP contribution in [0.1, 0.15) is 77.0 Å². The predicted molar refractivity (Wildman–Crippen MR) is 106 cm³/mol. The predicted octanol–water partition coefficient (Wildman–Crippen LogP) is 2.94. The Bertz CT molecular complexity index is 512. The van der Waals surface area contributed by atoms with Crippen LogP contribution in [0.2, 0.25) is 0 Å². The summed E-state index contributed by atoms with van der Waals surface area (Å²) in [6.45, 7) is 2.91. The van der Waals surface area contributed by atoms with Gasteiger partial charge >= 0.3 is 0 Å². The van der Waals surface area contributed by atoms with Gasteiger partial charge in [-0.15, -0.1) is 0 Å². The van der Waals surface area contributed by atoms with Crippen LogP contribution in [0.3, 0.4) is 0 Å². The molecule has 3 saturated heterocycles. The van der Waals surface area contributed by atoms with Gasteiger partial charge in [0.2, 0.25) is 11.8 Å². The van der Waals surface area contributed by atoms with Crippen LogP contribution in [0.5, 0.6) is 0 Å². The number of piperazine rings is 1. The molecule has 5 heteroatoms. The van der Waals surface area contributed by atoms with Gasteiger partial charge in [0, 0.05) is 51.1 Å². The summed E-state index contributed by atoms with van der Waals surface area (Å²) in [5.74, 6) is 1.95. The number of amides is 2. The zero-order valence-electron chi connectivity index (χ0n) is 16.8. The lowest BCUT2D eigenvalue weighted by molar-refractivity contribution is -0.140. The lowest BCUT2D eigenvalue weighted by Gasteiger charge is -2.36. The first-order chi connectivity index (χ1) is 13.2. The second-order valence-electron chi connectivity index (χ2n) is 9.48. The number of fused-ring (bicyclic) bond motifs is 2. The van der Waals surface area contributed by atoms with Crippen molar-refractivity contribution >= 4 is 11.8 Å². The Kier molecular flexibility index (Phi) is 6.36. The summed E-state index contributed by atoms with van der Waals surface area (Å²) >= 11 is 0. The summed E-state index contributed by atoms with van der Waals surface area (Å²) < 4.78 is 0. The summed E-state index contributed by atoms with van der Waals surface area (Å²) in [5.41, 5.74) is 0. The molecule has 3 heterocycles. The minimum Gasteiger partial charge on any atom is -0.339 e. The minimum atomic E-state index is 0.308. The van der Waals surface area contributed by atoms with E-state index < -0.39 is 0 Å². The molecule has 27 heavy (non-hydrogen) atoms. The molecule has 152 valence electrons. The smallest absolute Gasteiger partial charge is 0.222 e. The molecule has 0 aromatic rings. The fourth-order valence-electron chi connectivity index (χ4n) is 5.88. The fraction of sp³-hybridized carbons (Fsp3) is 0.909. The van der Waals surface area contributed by atoms with Gasteiger partial charge in [0.25, 0.3) is 0 Å². The molecule has 2 amide bonds. The molecule has 1 aliphatic carbocycles. The Hall–Kier alpha value is -1.10. The van der Waals surface area contributed by atoms with Gasteiger partial charge in [-0.1, -0.05) is 32.1 Å². The second kappa shape index (κ2) is 8.93. The van der Waals surface area contributed by atoms with E-state index in [1.165, 1.54) is 57.8 Å². The maximum atomic E-state index is 12.7. The fourth-order valence-corrected chi connectivity index (χ4v) is 5.88. The second-order valence-corrected chi connectivity index (χ2v) is 9.48. The third-order valence-corrected chi connectivity index (χ3v) is 7.51. The van der Waals surface area contributed by atoms with Gasteiger partial charge in [-0.05, 0) is 43.9 Å². The highest BCUT2D eigenvalue weighted by atomic mass is 16.2. The van der Waals surface area contributed by atoms with Crippen LogP contribution in [0.25, 0.3) is 0 Å². The van der Waals surface area contributed by atoms with E-state index in [2.05, 4.69) is 5.32 Å². The summed E-state index contributed by atoms with van der Waals surface area (Å²) in [5, 5.41) is 3.66. The van der Waals surface area contributed by atoms with Gasteiger partial charge in [0.05, 0.1) is 0 Å². The Balaban J connectivity index is 1.16. The number of rotatable bonds is 5. The molecular formula is C22H37N3O2. The van der Waals surface area contributed by atoms with E-state index in [0.717, 1.165) is 38.5 Å². The lowest BCUT2D eigenvalue weighted by atomic mass is 9.86. The zero-order valence-corrected chi connectivity index (χ0v) is 16.8. The topological polar surface area (TPSA) is 52.7 Å². The van der Waals surface area contributed by atoms with Crippen LogP contribution >= 0.6 is 0 Å². The maximum Gasteiger partial charge on any atom is 0.222 e.